The van der Waals surface area contributed by atoms with Gasteiger partial charge >= 0.3 is 5.97 Å². The number of esters is 1. The van der Waals surface area contributed by atoms with Crippen molar-refractivity contribution in [1.29, 1.82) is 0 Å². The van der Waals surface area contributed by atoms with Crippen LogP contribution in [-0.2, 0) is 29.0 Å². The van der Waals surface area contributed by atoms with Crippen LogP contribution in [0.1, 0.15) is 38.1 Å². The Morgan fingerprint density at radius 2 is 2.16 bits per heavy atom. The van der Waals surface area contributed by atoms with Crippen LogP contribution < -0.4 is 0 Å². The first-order chi connectivity index (χ1) is 15.5. The van der Waals surface area contributed by atoms with E-state index in [1.54, 1.807) is 24.3 Å². The van der Waals surface area contributed by atoms with E-state index in [4.69, 9.17) is 9.26 Å². The zero-order valence-corrected chi connectivity index (χ0v) is 18.6. The Labute approximate surface area is 187 Å². The SMILES string of the molecule is CCOC(=O)C1(Cc2cc(-c3ccccc3F)no2)CCCN(Cc2cncn2CC)C1. The van der Waals surface area contributed by atoms with Crippen LogP contribution in [0.5, 0.6) is 0 Å². The minimum Gasteiger partial charge on any atom is -0.466 e. The number of nitrogens with zero attached hydrogens (tertiary/aromatic N) is 4. The zero-order chi connectivity index (χ0) is 22.6. The minimum absolute atomic E-state index is 0.224. The second kappa shape index (κ2) is 9.65. The van der Waals surface area contributed by atoms with Gasteiger partial charge in [0.1, 0.15) is 17.3 Å². The third-order valence-corrected chi connectivity index (χ3v) is 6.11. The Morgan fingerprint density at radius 1 is 1.31 bits per heavy atom. The van der Waals surface area contributed by atoms with Crippen molar-refractivity contribution in [3.05, 3.63) is 60.1 Å². The predicted octanol–water partition coefficient (Wildman–Crippen LogP) is 4.09. The fourth-order valence-corrected chi connectivity index (χ4v) is 4.55. The number of aryl methyl sites for hydroxylation is 1. The maximum atomic E-state index is 14.2. The van der Waals surface area contributed by atoms with Crippen molar-refractivity contribution in [2.75, 3.05) is 19.7 Å². The van der Waals surface area contributed by atoms with Gasteiger partial charge < -0.3 is 13.8 Å². The van der Waals surface area contributed by atoms with E-state index in [2.05, 4.69) is 26.5 Å². The van der Waals surface area contributed by atoms with Gasteiger partial charge in [-0.2, -0.15) is 0 Å². The lowest BCUT2D eigenvalue weighted by Gasteiger charge is -2.40. The van der Waals surface area contributed by atoms with E-state index in [1.807, 2.05) is 19.4 Å². The Hall–Kier alpha value is -3.00. The molecule has 0 radical (unpaired) electrons. The van der Waals surface area contributed by atoms with E-state index < -0.39 is 5.41 Å². The maximum Gasteiger partial charge on any atom is 0.313 e. The molecule has 4 rings (SSSR count). The number of benzene rings is 1. The number of ether oxygens (including phenoxy) is 1. The third kappa shape index (κ3) is 4.60. The van der Waals surface area contributed by atoms with Gasteiger partial charge in [-0.15, -0.1) is 0 Å². The largest absolute Gasteiger partial charge is 0.466 e. The lowest BCUT2D eigenvalue weighted by molar-refractivity contribution is -0.159. The molecule has 3 heterocycles. The van der Waals surface area contributed by atoms with Crippen molar-refractivity contribution in [3.8, 4) is 11.3 Å². The number of rotatable bonds is 8. The summed E-state index contributed by atoms with van der Waals surface area (Å²) in [6.07, 6.45) is 5.63. The molecule has 0 amide bonds. The second-order valence-corrected chi connectivity index (χ2v) is 8.32. The number of halogens is 1. The highest BCUT2D eigenvalue weighted by molar-refractivity contribution is 5.77. The maximum absolute atomic E-state index is 14.2. The molecule has 0 spiro atoms. The van der Waals surface area contributed by atoms with Gasteiger partial charge in [0.05, 0.1) is 24.0 Å². The molecule has 1 saturated heterocycles. The van der Waals surface area contributed by atoms with Crippen LogP contribution >= 0.6 is 0 Å². The summed E-state index contributed by atoms with van der Waals surface area (Å²) in [4.78, 5) is 19.7. The predicted molar refractivity (Wildman–Crippen MR) is 117 cm³/mol. The van der Waals surface area contributed by atoms with Gasteiger partial charge in [0.2, 0.25) is 0 Å². The number of likely N-dealkylation sites (tertiary alicyclic amines) is 1. The van der Waals surface area contributed by atoms with Gasteiger partial charge in [-0.3, -0.25) is 9.69 Å². The Kier molecular flexibility index (Phi) is 6.69. The van der Waals surface area contributed by atoms with Crippen LogP contribution in [0.2, 0.25) is 0 Å². The summed E-state index contributed by atoms with van der Waals surface area (Å²) >= 11 is 0. The van der Waals surface area contributed by atoms with Crippen LogP contribution in [0.25, 0.3) is 11.3 Å². The van der Waals surface area contributed by atoms with Gasteiger partial charge in [0.25, 0.3) is 0 Å². The molecule has 0 saturated carbocycles. The molecule has 2 aromatic heterocycles. The van der Waals surface area contributed by atoms with Crippen molar-refractivity contribution in [2.24, 2.45) is 5.41 Å². The average molecular weight is 441 g/mol. The second-order valence-electron chi connectivity index (χ2n) is 8.32. The molecule has 1 aromatic carbocycles. The van der Waals surface area contributed by atoms with Crippen LogP contribution in [0.15, 0.2) is 47.4 Å². The van der Waals surface area contributed by atoms with Crippen molar-refractivity contribution in [2.45, 2.75) is 46.2 Å². The molecule has 1 fully saturated rings. The molecular weight excluding hydrogens is 411 g/mol. The molecule has 0 N–H and O–H groups in total. The lowest BCUT2D eigenvalue weighted by atomic mass is 9.76. The van der Waals surface area contributed by atoms with Crippen LogP contribution in [0.3, 0.4) is 0 Å². The highest BCUT2D eigenvalue weighted by atomic mass is 19.1. The molecule has 1 unspecified atom stereocenters. The quantitative estimate of drug-likeness (QED) is 0.492. The van der Waals surface area contributed by atoms with Crippen LogP contribution in [-0.4, -0.2) is 45.3 Å². The molecule has 0 bridgehead atoms. The smallest absolute Gasteiger partial charge is 0.313 e. The number of hydrogen-bond donors (Lipinski definition) is 0. The molecular formula is C24H29FN4O3. The first-order valence-electron chi connectivity index (χ1n) is 11.1. The molecule has 1 aliphatic rings. The molecule has 3 aromatic rings. The zero-order valence-electron chi connectivity index (χ0n) is 18.6. The normalized spacial score (nSPS) is 19.2. The highest BCUT2D eigenvalue weighted by Crippen LogP contribution is 2.37. The van der Waals surface area contributed by atoms with Crippen molar-refractivity contribution in [3.63, 3.8) is 0 Å². The first kappa shape index (κ1) is 22.2. The van der Waals surface area contributed by atoms with E-state index in [9.17, 15) is 9.18 Å². The van der Waals surface area contributed by atoms with E-state index in [0.29, 0.717) is 49.6 Å². The summed E-state index contributed by atoms with van der Waals surface area (Å²) in [5, 5.41) is 4.06. The van der Waals surface area contributed by atoms with Crippen LogP contribution in [0.4, 0.5) is 4.39 Å². The number of aromatic nitrogens is 3. The number of carbonyl (C=O) groups excluding carboxylic acids is 1. The molecule has 1 atom stereocenters. The van der Waals surface area contributed by atoms with E-state index in [1.165, 1.54) is 6.07 Å². The molecule has 7 nitrogen and oxygen atoms in total. The number of carbonyl (C=O) groups is 1. The average Bonchev–Trinajstić information content (AvgIpc) is 3.43. The number of piperidine rings is 1. The van der Waals surface area contributed by atoms with Gasteiger partial charge in [0.15, 0.2) is 0 Å². The third-order valence-electron chi connectivity index (χ3n) is 6.11. The summed E-state index contributed by atoms with van der Waals surface area (Å²) in [6.45, 7) is 7.23. The fraction of sp³-hybridized carbons (Fsp3) is 0.458. The van der Waals surface area contributed by atoms with E-state index in [0.717, 1.165) is 25.2 Å². The van der Waals surface area contributed by atoms with Gasteiger partial charge in [-0.05, 0) is 45.4 Å². The summed E-state index contributed by atoms with van der Waals surface area (Å²) in [5.41, 5.74) is 1.19. The topological polar surface area (TPSA) is 73.4 Å². The monoisotopic (exact) mass is 440 g/mol. The number of imidazole rings is 1. The molecule has 170 valence electrons. The molecule has 8 heteroatoms. The van der Waals surface area contributed by atoms with Gasteiger partial charge in [-0.25, -0.2) is 9.37 Å². The Balaban J connectivity index is 1.57. The standard InChI is InChI=1S/C24H29FN4O3/c1-3-29-17-26-14-18(29)15-28-11-7-10-24(16-28,23(30)31-4-2)13-19-12-22(27-32-19)20-8-5-6-9-21(20)25/h5-6,8-9,12,14,17H,3-4,7,10-11,13,15-16H2,1-2H3. The summed E-state index contributed by atoms with van der Waals surface area (Å²) in [7, 11) is 0. The van der Waals surface area contributed by atoms with Crippen molar-refractivity contribution < 1.29 is 18.4 Å². The van der Waals surface area contributed by atoms with Crippen LogP contribution in [0, 0.1) is 11.2 Å². The molecule has 1 aliphatic heterocycles. The summed E-state index contributed by atoms with van der Waals surface area (Å²) in [6, 6.07) is 8.18. The molecule has 0 aliphatic carbocycles. The summed E-state index contributed by atoms with van der Waals surface area (Å²) in [5.74, 6) is -0.0295. The fourth-order valence-electron chi connectivity index (χ4n) is 4.55. The first-order valence-corrected chi connectivity index (χ1v) is 11.1. The van der Waals surface area contributed by atoms with E-state index in [-0.39, 0.29) is 11.8 Å². The van der Waals surface area contributed by atoms with E-state index >= 15 is 0 Å². The Bertz CT molecular complexity index is 1060. The number of hydrogen-bond acceptors (Lipinski definition) is 6. The highest BCUT2D eigenvalue weighted by Gasteiger charge is 2.44. The summed E-state index contributed by atoms with van der Waals surface area (Å²) < 4.78 is 27.3. The minimum atomic E-state index is -0.739. The van der Waals surface area contributed by atoms with Crippen molar-refractivity contribution in [1.82, 2.24) is 19.6 Å². The lowest BCUT2D eigenvalue weighted by Crippen LogP contribution is -2.49. The Morgan fingerprint density at radius 3 is 2.94 bits per heavy atom. The van der Waals surface area contributed by atoms with Crippen molar-refractivity contribution >= 4 is 5.97 Å². The van der Waals surface area contributed by atoms with Gasteiger partial charge in [-0.1, -0.05) is 17.3 Å². The van der Waals surface area contributed by atoms with Gasteiger partial charge in [0, 0.05) is 43.9 Å². The molecule has 32 heavy (non-hydrogen) atoms.